The van der Waals surface area contributed by atoms with Crippen LogP contribution >= 0.6 is 38.6 Å². The van der Waals surface area contributed by atoms with Crippen molar-refractivity contribution in [2.75, 3.05) is 11.4 Å². The van der Waals surface area contributed by atoms with Crippen molar-refractivity contribution in [2.24, 2.45) is 0 Å². The summed E-state index contributed by atoms with van der Waals surface area (Å²) in [5.74, 6) is 0. The third kappa shape index (κ3) is 9.22. The van der Waals surface area contributed by atoms with Crippen molar-refractivity contribution in [2.45, 2.75) is 53.4 Å². The van der Waals surface area contributed by atoms with Crippen molar-refractivity contribution in [3.63, 3.8) is 0 Å². The zero-order valence-corrected chi connectivity index (χ0v) is 27.5. The third-order valence-electron chi connectivity index (χ3n) is 6.42. The Morgan fingerprint density at radius 2 is 1.24 bits per heavy atom. The highest BCUT2D eigenvalue weighted by Gasteiger charge is 2.10. The second-order valence-corrected chi connectivity index (χ2v) is 13.2. The summed E-state index contributed by atoms with van der Waals surface area (Å²) in [6, 6.07) is 33.9. The molecule has 0 bridgehead atoms. The van der Waals surface area contributed by atoms with Gasteiger partial charge in [-0.2, -0.15) is 0 Å². The minimum absolute atomic E-state index is 1.01. The predicted molar refractivity (Wildman–Crippen MR) is 185 cm³/mol. The molecule has 0 spiro atoms. The molecule has 0 N–H and O–H groups in total. The van der Waals surface area contributed by atoms with Crippen LogP contribution < -0.4 is 4.90 Å². The normalized spacial score (nSPS) is 10.6. The van der Waals surface area contributed by atoms with Crippen LogP contribution in [-0.4, -0.2) is 16.5 Å². The van der Waals surface area contributed by atoms with E-state index in [-0.39, 0.29) is 0 Å². The number of hydrogen-bond donors (Lipinski definition) is 0. The summed E-state index contributed by atoms with van der Waals surface area (Å²) < 4.78 is 3.61. The number of fused-ring (bicyclic) bond motifs is 2. The Bertz CT molecular complexity index is 1630. The minimum Gasteiger partial charge on any atom is -0.341 e. The van der Waals surface area contributed by atoms with Crippen molar-refractivity contribution in [3.8, 4) is 0 Å². The Morgan fingerprint density at radius 3 is 1.85 bits per heavy atom. The zero-order chi connectivity index (χ0) is 29.0. The van der Waals surface area contributed by atoms with Crippen LogP contribution in [0.25, 0.3) is 20.4 Å². The number of rotatable bonds is 7. The van der Waals surface area contributed by atoms with E-state index in [9.17, 15) is 0 Å². The van der Waals surface area contributed by atoms with Gasteiger partial charge in [0.25, 0.3) is 0 Å². The van der Waals surface area contributed by atoms with Crippen LogP contribution in [0.3, 0.4) is 0 Å². The molecule has 0 unspecified atom stereocenters. The molecule has 0 radical (unpaired) electrons. The summed E-state index contributed by atoms with van der Waals surface area (Å²) in [5, 5.41) is 2.25. The van der Waals surface area contributed by atoms with E-state index in [4.69, 9.17) is 0 Å². The number of unbranched alkanes of at least 4 members (excludes halogenated alkanes) is 1. The number of nitrogens with zero attached hydrogens (tertiary/aromatic N) is 3. The Hall–Kier alpha value is -3.06. The fraction of sp³-hybridized carbons (Fsp3) is 0.257. The van der Waals surface area contributed by atoms with E-state index in [1.54, 1.807) is 22.7 Å². The van der Waals surface area contributed by atoms with E-state index >= 15 is 0 Å². The molecule has 0 aliphatic carbocycles. The molecule has 6 heteroatoms. The lowest BCUT2D eigenvalue weighted by molar-refractivity contribution is 0.795. The van der Waals surface area contributed by atoms with Crippen molar-refractivity contribution in [1.29, 1.82) is 0 Å². The van der Waals surface area contributed by atoms with E-state index in [0.717, 1.165) is 38.5 Å². The highest BCUT2D eigenvalue weighted by molar-refractivity contribution is 9.10. The third-order valence-corrected chi connectivity index (χ3v) is 8.82. The van der Waals surface area contributed by atoms with Gasteiger partial charge in [0.1, 0.15) is 0 Å². The highest BCUT2D eigenvalue weighted by atomic mass is 79.9. The number of aryl methyl sites for hydroxylation is 3. The molecule has 0 saturated carbocycles. The number of thiazole rings is 2. The molecule has 0 aliphatic rings. The first-order valence-corrected chi connectivity index (χ1v) is 16.7. The number of benzene rings is 4. The fourth-order valence-electron chi connectivity index (χ4n) is 4.48. The van der Waals surface area contributed by atoms with E-state index in [1.165, 1.54) is 45.6 Å². The summed E-state index contributed by atoms with van der Waals surface area (Å²) in [4.78, 5) is 11.3. The van der Waals surface area contributed by atoms with Crippen LogP contribution in [0, 0.1) is 13.8 Å². The average Bonchev–Trinajstić information content (AvgIpc) is 3.56. The Labute approximate surface area is 261 Å². The Kier molecular flexibility index (Phi) is 11.9. The summed E-state index contributed by atoms with van der Waals surface area (Å²) >= 11 is 6.89. The lowest BCUT2D eigenvalue weighted by atomic mass is 10.1. The number of para-hydroxylation sites is 1. The Balaban J connectivity index is 0.000000156. The maximum absolute atomic E-state index is 4.60. The highest BCUT2D eigenvalue weighted by Crippen LogP contribution is 2.30. The number of aromatic nitrogens is 2. The summed E-state index contributed by atoms with van der Waals surface area (Å²) in [5.41, 5.74) is 6.10. The number of halogens is 1. The fourth-order valence-corrected chi connectivity index (χ4v) is 6.44. The topological polar surface area (TPSA) is 29.0 Å². The van der Waals surface area contributed by atoms with Crippen LogP contribution in [0.1, 0.15) is 48.7 Å². The number of hydrogen-bond acceptors (Lipinski definition) is 5. The van der Waals surface area contributed by atoms with Gasteiger partial charge >= 0.3 is 0 Å². The molecule has 3 nitrogen and oxygen atoms in total. The van der Waals surface area contributed by atoms with Crippen LogP contribution in [0.2, 0.25) is 0 Å². The molecule has 212 valence electrons. The lowest BCUT2D eigenvalue weighted by Gasteiger charge is -2.24. The van der Waals surface area contributed by atoms with E-state index in [2.05, 4.69) is 136 Å². The maximum Gasteiger partial charge on any atom is 0.0907 e. The van der Waals surface area contributed by atoms with Crippen LogP contribution in [0.5, 0.6) is 0 Å². The van der Waals surface area contributed by atoms with Gasteiger partial charge in [-0.3, -0.25) is 0 Å². The van der Waals surface area contributed by atoms with Crippen LogP contribution in [0.15, 0.2) is 102 Å². The molecule has 0 aliphatic heterocycles. The molecule has 6 rings (SSSR count). The second kappa shape index (κ2) is 15.8. The molecule has 0 amide bonds. The van der Waals surface area contributed by atoms with Crippen LogP contribution in [0.4, 0.5) is 11.4 Å². The first-order chi connectivity index (χ1) is 20.0. The molecule has 41 heavy (non-hydrogen) atoms. The van der Waals surface area contributed by atoms with Gasteiger partial charge < -0.3 is 4.90 Å². The summed E-state index contributed by atoms with van der Waals surface area (Å²) in [6.07, 6.45) is 4.94. The van der Waals surface area contributed by atoms with Crippen molar-refractivity contribution < 1.29 is 0 Å². The van der Waals surface area contributed by atoms with Gasteiger partial charge in [-0.15, -0.1) is 22.7 Å². The van der Waals surface area contributed by atoms with Gasteiger partial charge in [-0.05, 0) is 87.2 Å². The quantitative estimate of drug-likeness (QED) is 0.173. The maximum atomic E-state index is 4.60. The first kappa shape index (κ1) is 30.9. The molecule has 0 atom stereocenters. The average molecular weight is 645 g/mol. The van der Waals surface area contributed by atoms with Gasteiger partial charge in [-0.25, -0.2) is 9.97 Å². The van der Waals surface area contributed by atoms with E-state index in [1.807, 2.05) is 19.1 Å². The summed E-state index contributed by atoms with van der Waals surface area (Å²) in [7, 11) is 0. The minimum atomic E-state index is 1.01. The standard InChI is InChI=1S/C17H18N2S.C10H14.C8H6BrNS/c1-3-11-19(14-7-5-4-6-8-14)15-9-10-17-16(12-15)18-13(2)20-17;1-2-3-7-10-8-5-4-6-9-10;1-5-10-7-4-6(9)2-3-8(7)11-5/h4-10,12H,3,11H2,1-2H3;4-6,8-9H,2-3,7H2,1H3;2-4H,1H3. The van der Waals surface area contributed by atoms with Crippen LogP contribution in [-0.2, 0) is 6.42 Å². The molecule has 0 fully saturated rings. The Morgan fingerprint density at radius 1 is 0.659 bits per heavy atom. The van der Waals surface area contributed by atoms with Gasteiger partial charge in [0, 0.05) is 22.4 Å². The van der Waals surface area contributed by atoms with Gasteiger partial charge in [0.15, 0.2) is 0 Å². The van der Waals surface area contributed by atoms with E-state index < -0.39 is 0 Å². The van der Waals surface area contributed by atoms with Crippen molar-refractivity contribution >= 4 is 70.4 Å². The molecule has 0 saturated heterocycles. The number of anilines is 2. The first-order valence-electron chi connectivity index (χ1n) is 14.2. The molecular formula is C35H38BrN3S2. The van der Waals surface area contributed by atoms with E-state index in [0.29, 0.717) is 0 Å². The largest absolute Gasteiger partial charge is 0.341 e. The predicted octanol–water partition coefficient (Wildman–Crippen LogP) is 11.5. The van der Waals surface area contributed by atoms with Crippen molar-refractivity contribution in [1.82, 2.24) is 9.97 Å². The SMILES string of the molecule is CCCCc1ccccc1.CCCN(c1ccccc1)c1ccc2sc(C)nc2c1.Cc1nc2cc(Br)ccc2s1. The zero-order valence-electron chi connectivity index (χ0n) is 24.3. The van der Waals surface area contributed by atoms with Gasteiger partial charge in [-0.1, -0.05) is 84.7 Å². The monoisotopic (exact) mass is 643 g/mol. The second-order valence-electron chi connectivity index (χ2n) is 9.81. The van der Waals surface area contributed by atoms with Crippen molar-refractivity contribution in [3.05, 3.63) is 117 Å². The lowest BCUT2D eigenvalue weighted by Crippen LogP contribution is -2.17. The van der Waals surface area contributed by atoms with Gasteiger partial charge in [0.05, 0.1) is 30.4 Å². The molecule has 2 aromatic heterocycles. The van der Waals surface area contributed by atoms with Gasteiger partial charge in [0.2, 0.25) is 0 Å². The summed E-state index contributed by atoms with van der Waals surface area (Å²) in [6.45, 7) is 9.53. The molecule has 2 heterocycles. The smallest absolute Gasteiger partial charge is 0.0907 e. The molecule has 6 aromatic rings. The molecule has 4 aromatic carbocycles. The molecular weight excluding hydrogens is 606 g/mol.